The number of quaternary nitrogens is 1. The van der Waals surface area contributed by atoms with E-state index in [1.165, 1.54) is 30.3 Å². The van der Waals surface area contributed by atoms with Gasteiger partial charge in [-0.2, -0.15) is 5.48 Å². The lowest BCUT2D eigenvalue weighted by Crippen LogP contribution is -2.76. The molecule has 0 unspecified atom stereocenters. The molecule has 0 radical (unpaired) electrons. The van der Waals surface area contributed by atoms with Crippen LogP contribution >= 0.6 is 0 Å². The van der Waals surface area contributed by atoms with Crippen LogP contribution in [0.15, 0.2) is 72.8 Å². The maximum Gasteiger partial charge on any atom is 0.279 e. The molecule has 0 heterocycles. The third-order valence-electron chi connectivity index (χ3n) is 4.83. The van der Waals surface area contributed by atoms with Crippen LogP contribution in [-0.4, -0.2) is 36.6 Å². The summed E-state index contributed by atoms with van der Waals surface area (Å²) in [6.07, 6.45) is 0. The SMILES string of the molecule is CO[NH2+]c1ccccc1-c1cc(F)ccc1OCC(=O)N(NC(=O)c1ccccc1)C(C)C. The van der Waals surface area contributed by atoms with E-state index in [0.717, 1.165) is 5.69 Å². The Morgan fingerprint density at radius 3 is 2.39 bits per heavy atom. The van der Waals surface area contributed by atoms with Crippen molar-refractivity contribution in [2.75, 3.05) is 13.7 Å². The van der Waals surface area contributed by atoms with Gasteiger partial charge in [-0.25, -0.2) is 14.2 Å². The van der Waals surface area contributed by atoms with Gasteiger partial charge in [0.1, 0.15) is 11.6 Å². The van der Waals surface area contributed by atoms with Crippen LogP contribution in [0, 0.1) is 5.82 Å². The average molecular weight is 453 g/mol. The highest BCUT2D eigenvalue weighted by Gasteiger charge is 2.22. The van der Waals surface area contributed by atoms with Gasteiger partial charge in [-0.05, 0) is 50.2 Å². The fourth-order valence-electron chi connectivity index (χ4n) is 3.26. The van der Waals surface area contributed by atoms with Crippen molar-refractivity contribution in [1.82, 2.24) is 10.4 Å². The molecule has 3 N–H and O–H groups in total. The molecule has 0 spiro atoms. The van der Waals surface area contributed by atoms with Gasteiger partial charge < -0.3 is 4.74 Å². The lowest BCUT2D eigenvalue weighted by atomic mass is 10.0. The fourth-order valence-corrected chi connectivity index (χ4v) is 3.26. The van der Waals surface area contributed by atoms with Crippen molar-refractivity contribution in [3.05, 3.63) is 84.2 Å². The Bertz CT molecular complexity index is 1110. The predicted molar refractivity (Wildman–Crippen MR) is 122 cm³/mol. The molecule has 3 aromatic carbocycles. The van der Waals surface area contributed by atoms with Crippen LogP contribution in [0.3, 0.4) is 0 Å². The van der Waals surface area contributed by atoms with E-state index < -0.39 is 17.6 Å². The highest BCUT2D eigenvalue weighted by molar-refractivity contribution is 5.95. The molecule has 0 saturated carbocycles. The molecule has 0 atom stereocenters. The summed E-state index contributed by atoms with van der Waals surface area (Å²) in [5, 5.41) is 1.23. The first-order chi connectivity index (χ1) is 15.9. The zero-order chi connectivity index (χ0) is 23.8. The summed E-state index contributed by atoms with van der Waals surface area (Å²) in [5.41, 5.74) is 6.53. The first-order valence-corrected chi connectivity index (χ1v) is 10.5. The molecule has 0 aliphatic heterocycles. The number of benzene rings is 3. The Morgan fingerprint density at radius 2 is 1.70 bits per heavy atom. The number of nitrogens with two attached hydrogens (primary N) is 1. The van der Waals surface area contributed by atoms with Crippen molar-refractivity contribution >= 4 is 17.5 Å². The van der Waals surface area contributed by atoms with E-state index in [9.17, 15) is 14.0 Å². The number of rotatable bonds is 8. The van der Waals surface area contributed by atoms with Gasteiger partial charge in [0.25, 0.3) is 11.8 Å². The molecular formula is C25H27FN3O4+. The molecular weight excluding hydrogens is 425 g/mol. The zero-order valence-corrected chi connectivity index (χ0v) is 18.7. The number of amides is 2. The third-order valence-corrected chi connectivity index (χ3v) is 4.83. The number of carbonyl (C=O) groups excluding carboxylic acids is 2. The van der Waals surface area contributed by atoms with Crippen LogP contribution in [0.5, 0.6) is 5.75 Å². The second-order valence-electron chi connectivity index (χ2n) is 7.53. The second kappa shape index (κ2) is 11.2. The monoisotopic (exact) mass is 452 g/mol. The van der Waals surface area contributed by atoms with E-state index in [1.807, 2.05) is 24.3 Å². The highest BCUT2D eigenvalue weighted by Crippen LogP contribution is 2.34. The topological polar surface area (TPSA) is 84.5 Å². The third kappa shape index (κ3) is 6.15. The van der Waals surface area contributed by atoms with Gasteiger partial charge in [0.2, 0.25) is 0 Å². The van der Waals surface area contributed by atoms with Gasteiger partial charge in [-0.3, -0.25) is 15.0 Å². The lowest BCUT2D eigenvalue weighted by Gasteiger charge is -2.27. The summed E-state index contributed by atoms with van der Waals surface area (Å²) in [5.74, 6) is -0.944. The number of hydrogen-bond donors (Lipinski definition) is 2. The number of halogens is 1. The van der Waals surface area contributed by atoms with E-state index in [1.54, 1.807) is 49.7 Å². The standard InChI is InChI=1S/C25H26FN3O4/c1-17(2)29(27-25(31)18-9-5-4-6-10-18)24(30)16-33-23-14-13-19(26)15-21(23)20-11-7-8-12-22(20)28-32-3/h4-15,17,28H,16H2,1-3H3,(H,27,31)/p+1. The number of hydrogen-bond acceptors (Lipinski definition) is 4. The second-order valence-corrected chi connectivity index (χ2v) is 7.53. The number of ether oxygens (including phenoxy) is 1. The van der Waals surface area contributed by atoms with Crippen LogP contribution in [0.1, 0.15) is 24.2 Å². The Kier molecular flexibility index (Phi) is 8.12. The summed E-state index contributed by atoms with van der Waals surface area (Å²) >= 11 is 0. The Hall–Kier alpha value is -3.75. The Labute approximate surface area is 192 Å². The molecule has 0 saturated heterocycles. The van der Waals surface area contributed by atoms with Gasteiger partial charge in [0.05, 0.1) is 7.11 Å². The summed E-state index contributed by atoms with van der Waals surface area (Å²) < 4.78 is 19.9. The van der Waals surface area contributed by atoms with Crippen LogP contribution in [0.2, 0.25) is 0 Å². The molecule has 0 aromatic heterocycles. The Morgan fingerprint density at radius 1 is 1.00 bits per heavy atom. The van der Waals surface area contributed by atoms with Crippen LogP contribution in [0.4, 0.5) is 10.1 Å². The quantitative estimate of drug-likeness (QED) is 0.406. The molecule has 33 heavy (non-hydrogen) atoms. The van der Waals surface area contributed by atoms with E-state index in [2.05, 4.69) is 5.43 Å². The van der Waals surface area contributed by atoms with Crippen molar-refractivity contribution in [3.63, 3.8) is 0 Å². The van der Waals surface area contributed by atoms with Crippen LogP contribution < -0.4 is 15.6 Å². The zero-order valence-electron chi connectivity index (χ0n) is 18.7. The van der Waals surface area contributed by atoms with Gasteiger partial charge in [0, 0.05) is 28.8 Å². The summed E-state index contributed by atoms with van der Waals surface area (Å²) in [7, 11) is 1.53. The molecule has 7 nitrogen and oxygen atoms in total. The largest absolute Gasteiger partial charge is 0.483 e. The first kappa shape index (κ1) is 23.9. The highest BCUT2D eigenvalue weighted by atomic mass is 19.1. The Balaban J connectivity index is 1.78. The normalized spacial score (nSPS) is 10.7. The lowest BCUT2D eigenvalue weighted by molar-refractivity contribution is -0.829. The van der Waals surface area contributed by atoms with Crippen molar-refractivity contribution < 1.29 is 29.0 Å². The van der Waals surface area contributed by atoms with Crippen molar-refractivity contribution in [3.8, 4) is 16.9 Å². The number of hydrazine groups is 1. The molecule has 0 aliphatic carbocycles. The van der Waals surface area contributed by atoms with E-state index in [4.69, 9.17) is 9.57 Å². The van der Waals surface area contributed by atoms with E-state index in [-0.39, 0.29) is 12.6 Å². The minimum Gasteiger partial charge on any atom is -0.483 e. The van der Waals surface area contributed by atoms with Crippen LogP contribution in [0.25, 0.3) is 11.1 Å². The van der Waals surface area contributed by atoms with E-state index >= 15 is 0 Å². The van der Waals surface area contributed by atoms with Crippen molar-refractivity contribution in [2.24, 2.45) is 0 Å². The minimum atomic E-state index is -0.443. The predicted octanol–water partition coefficient (Wildman–Crippen LogP) is 3.21. The smallest absolute Gasteiger partial charge is 0.279 e. The number of nitrogens with zero attached hydrogens (tertiary/aromatic N) is 1. The maximum absolute atomic E-state index is 14.1. The molecule has 0 aliphatic rings. The van der Waals surface area contributed by atoms with E-state index in [0.29, 0.717) is 22.4 Å². The molecule has 3 aromatic rings. The van der Waals surface area contributed by atoms with Gasteiger partial charge in [-0.1, -0.05) is 30.3 Å². The van der Waals surface area contributed by atoms with Crippen molar-refractivity contribution in [2.45, 2.75) is 19.9 Å². The molecule has 2 amide bonds. The molecule has 0 fully saturated rings. The average Bonchev–Trinajstić information content (AvgIpc) is 2.82. The molecule has 8 heteroatoms. The fraction of sp³-hybridized carbons (Fsp3) is 0.200. The maximum atomic E-state index is 14.1. The summed E-state index contributed by atoms with van der Waals surface area (Å²) in [4.78, 5) is 30.5. The molecule has 3 rings (SSSR count). The number of carbonyl (C=O) groups is 2. The van der Waals surface area contributed by atoms with Crippen LogP contribution in [-0.2, 0) is 9.63 Å². The first-order valence-electron chi connectivity index (χ1n) is 10.5. The molecule has 172 valence electrons. The number of nitrogens with one attached hydrogen (secondary N) is 1. The van der Waals surface area contributed by atoms with Gasteiger partial charge in [0.15, 0.2) is 12.3 Å². The van der Waals surface area contributed by atoms with Crippen molar-refractivity contribution in [1.29, 1.82) is 0 Å². The summed E-state index contributed by atoms with van der Waals surface area (Å²) in [6, 6.07) is 19.7. The molecule has 0 bridgehead atoms. The van der Waals surface area contributed by atoms with Gasteiger partial charge in [-0.15, -0.1) is 0 Å². The van der Waals surface area contributed by atoms with Gasteiger partial charge >= 0.3 is 0 Å². The summed E-state index contributed by atoms with van der Waals surface area (Å²) in [6.45, 7) is 3.22. The minimum absolute atomic E-state index is 0.307.